The van der Waals surface area contributed by atoms with Gasteiger partial charge in [0.25, 0.3) is 0 Å². The summed E-state index contributed by atoms with van der Waals surface area (Å²) in [5.41, 5.74) is 2.36. The van der Waals surface area contributed by atoms with Crippen LogP contribution in [0.25, 0.3) is 0 Å². The maximum atomic E-state index is 12.2. The van der Waals surface area contributed by atoms with Gasteiger partial charge in [0.15, 0.2) is 0 Å². The van der Waals surface area contributed by atoms with Crippen LogP contribution in [0.1, 0.15) is 30.4 Å². The molecule has 138 valence electrons. The SMILES string of the molecule is Cc1ccc(NCCCNC2CCC(=O)N(Cc3ccccc3)C2)nc1. The van der Waals surface area contributed by atoms with E-state index in [1.807, 2.05) is 42.3 Å². The Morgan fingerprint density at radius 3 is 2.77 bits per heavy atom. The summed E-state index contributed by atoms with van der Waals surface area (Å²) < 4.78 is 0. The summed E-state index contributed by atoms with van der Waals surface area (Å²) >= 11 is 0. The molecule has 26 heavy (non-hydrogen) atoms. The number of amides is 1. The number of anilines is 1. The maximum Gasteiger partial charge on any atom is 0.222 e. The first-order valence-electron chi connectivity index (χ1n) is 9.42. The van der Waals surface area contributed by atoms with Crippen molar-refractivity contribution in [1.82, 2.24) is 15.2 Å². The summed E-state index contributed by atoms with van der Waals surface area (Å²) in [6.07, 6.45) is 4.47. The molecule has 1 aromatic heterocycles. The standard InChI is InChI=1S/C21H28N4O/c1-17-8-10-20(24-14-17)23-13-5-12-22-19-9-11-21(26)25(16-19)15-18-6-3-2-4-7-18/h2-4,6-8,10,14,19,22H,5,9,11-13,15-16H2,1H3,(H,23,24). The number of nitrogens with one attached hydrogen (secondary N) is 2. The van der Waals surface area contributed by atoms with E-state index in [0.29, 0.717) is 19.0 Å². The summed E-state index contributed by atoms with van der Waals surface area (Å²) in [5.74, 6) is 1.19. The van der Waals surface area contributed by atoms with Crippen LogP contribution in [0, 0.1) is 6.92 Å². The number of hydrogen-bond acceptors (Lipinski definition) is 4. The van der Waals surface area contributed by atoms with E-state index in [-0.39, 0.29) is 5.91 Å². The van der Waals surface area contributed by atoms with Gasteiger partial charge >= 0.3 is 0 Å². The highest BCUT2D eigenvalue weighted by atomic mass is 16.2. The van der Waals surface area contributed by atoms with Crippen molar-refractivity contribution >= 4 is 11.7 Å². The van der Waals surface area contributed by atoms with Crippen molar-refractivity contribution < 1.29 is 4.79 Å². The number of pyridine rings is 1. The minimum Gasteiger partial charge on any atom is -0.370 e. The van der Waals surface area contributed by atoms with Crippen LogP contribution in [0.15, 0.2) is 48.7 Å². The highest BCUT2D eigenvalue weighted by Crippen LogP contribution is 2.15. The minimum atomic E-state index is 0.263. The third-order valence-electron chi connectivity index (χ3n) is 4.72. The average Bonchev–Trinajstić information content (AvgIpc) is 2.66. The number of nitrogens with zero attached hydrogens (tertiary/aromatic N) is 2. The second kappa shape index (κ2) is 9.34. The fourth-order valence-corrected chi connectivity index (χ4v) is 3.22. The highest BCUT2D eigenvalue weighted by molar-refractivity contribution is 5.77. The van der Waals surface area contributed by atoms with Crippen LogP contribution in [0.4, 0.5) is 5.82 Å². The van der Waals surface area contributed by atoms with Gasteiger partial charge in [0.2, 0.25) is 5.91 Å². The zero-order valence-corrected chi connectivity index (χ0v) is 15.4. The quantitative estimate of drug-likeness (QED) is 0.717. The third-order valence-corrected chi connectivity index (χ3v) is 4.72. The summed E-state index contributed by atoms with van der Waals surface area (Å²) in [6.45, 7) is 5.37. The van der Waals surface area contributed by atoms with Crippen LogP contribution >= 0.6 is 0 Å². The van der Waals surface area contributed by atoms with E-state index in [4.69, 9.17) is 0 Å². The van der Waals surface area contributed by atoms with E-state index >= 15 is 0 Å². The molecule has 2 N–H and O–H groups in total. The predicted molar refractivity (Wildman–Crippen MR) is 105 cm³/mol. The second-order valence-electron chi connectivity index (χ2n) is 6.95. The van der Waals surface area contributed by atoms with Crippen molar-refractivity contribution in [2.75, 3.05) is 25.0 Å². The molecule has 1 aromatic carbocycles. The first kappa shape index (κ1) is 18.4. The number of likely N-dealkylation sites (tertiary alicyclic amines) is 1. The first-order valence-corrected chi connectivity index (χ1v) is 9.42. The van der Waals surface area contributed by atoms with Crippen molar-refractivity contribution in [2.24, 2.45) is 0 Å². The van der Waals surface area contributed by atoms with Gasteiger partial charge < -0.3 is 15.5 Å². The summed E-state index contributed by atoms with van der Waals surface area (Å²) in [4.78, 5) is 18.5. The van der Waals surface area contributed by atoms with Crippen LogP contribution in [0.5, 0.6) is 0 Å². The van der Waals surface area contributed by atoms with Gasteiger partial charge in [-0.05, 0) is 43.5 Å². The molecule has 1 aliphatic heterocycles. The molecular weight excluding hydrogens is 324 g/mol. The van der Waals surface area contributed by atoms with Gasteiger partial charge in [-0.2, -0.15) is 0 Å². The number of carbonyl (C=O) groups excluding carboxylic acids is 1. The van der Waals surface area contributed by atoms with Crippen LogP contribution in [0.2, 0.25) is 0 Å². The van der Waals surface area contributed by atoms with Crippen LogP contribution in [-0.4, -0.2) is 41.5 Å². The number of aryl methyl sites for hydroxylation is 1. The molecule has 1 amide bonds. The molecule has 1 fully saturated rings. The second-order valence-corrected chi connectivity index (χ2v) is 6.95. The van der Waals surface area contributed by atoms with Crippen LogP contribution in [0.3, 0.4) is 0 Å². The molecule has 0 radical (unpaired) electrons. The molecule has 0 saturated carbocycles. The zero-order valence-electron chi connectivity index (χ0n) is 15.4. The molecule has 2 heterocycles. The number of aromatic nitrogens is 1. The molecule has 5 nitrogen and oxygen atoms in total. The van der Waals surface area contributed by atoms with Gasteiger partial charge in [0, 0.05) is 38.3 Å². The first-order chi connectivity index (χ1) is 12.7. The lowest BCUT2D eigenvalue weighted by molar-refractivity contribution is -0.134. The Kier molecular flexibility index (Phi) is 6.61. The summed E-state index contributed by atoms with van der Waals surface area (Å²) in [5, 5.41) is 6.94. The van der Waals surface area contributed by atoms with E-state index in [1.165, 1.54) is 11.1 Å². The largest absolute Gasteiger partial charge is 0.370 e. The lowest BCUT2D eigenvalue weighted by Gasteiger charge is -2.33. The molecule has 1 atom stereocenters. The molecule has 0 aliphatic carbocycles. The van der Waals surface area contributed by atoms with Crippen molar-refractivity contribution in [2.45, 2.75) is 38.8 Å². The van der Waals surface area contributed by atoms with Gasteiger partial charge in [-0.25, -0.2) is 4.98 Å². The smallest absolute Gasteiger partial charge is 0.222 e. The Balaban J connectivity index is 1.36. The van der Waals surface area contributed by atoms with Crippen molar-refractivity contribution in [3.63, 3.8) is 0 Å². The number of carbonyl (C=O) groups is 1. The zero-order chi connectivity index (χ0) is 18.2. The topological polar surface area (TPSA) is 57.3 Å². The van der Waals surface area contributed by atoms with Crippen molar-refractivity contribution in [3.8, 4) is 0 Å². The molecule has 3 rings (SSSR count). The number of benzene rings is 1. The summed E-state index contributed by atoms with van der Waals surface area (Å²) in [7, 11) is 0. The Morgan fingerprint density at radius 2 is 2.00 bits per heavy atom. The van der Waals surface area contributed by atoms with Crippen molar-refractivity contribution in [3.05, 3.63) is 59.8 Å². The molecular formula is C21H28N4O. The molecule has 1 saturated heterocycles. The molecule has 5 heteroatoms. The Hall–Kier alpha value is -2.40. The van der Waals surface area contributed by atoms with Crippen molar-refractivity contribution in [1.29, 1.82) is 0 Å². The molecule has 1 aliphatic rings. The fourth-order valence-electron chi connectivity index (χ4n) is 3.22. The molecule has 1 unspecified atom stereocenters. The Labute approximate surface area is 155 Å². The monoisotopic (exact) mass is 352 g/mol. The van der Waals surface area contributed by atoms with Gasteiger partial charge in [0.1, 0.15) is 5.82 Å². The van der Waals surface area contributed by atoms with Gasteiger partial charge in [0.05, 0.1) is 0 Å². The van der Waals surface area contributed by atoms with E-state index in [2.05, 4.69) is 33.8 Å². The van der Waals surface area contributed by atoms with E-state index in [1.54, 1.807) is 0 Å². The van der Waals surface area contributed by atoms with E-state index in [9.17, 15) is 4.79 Å². The molecule has 0 spiro atoms. The van der Waals surface area contributed by atoms with E-state index in [0.717, 1.165) is 38.3 Å². The highest BCUT2D eigenvalue weighted by Gasteiger charge is 2.25. The van der Waals surface area contributed by atoms with Gasteiger partial charge in [-0.15, -0.1) is 0 Å². The van der Waals surface area contributed by atoms with Gasteiger partial charge in [-0.3, -0.25) is 4.79 Å². The average molecular weight is 352 g/mol. The van der Waals surface area contributed by atoms with Gasteiger partial charge in [-0.1, -0.05) is 36.4 Å². The van der Waals surface area contributed by atoms with Crippen LogP contribution < -0.4 is 10.6 Å². The predicted octanol–water partition coefficient (Wildman–Crippen LogP) is 2.97. The lowest BCUT2D eigenvalue weighted by atomic mass is 10.0. The Morgan fingerprint density at radius 1 is 1.15 bits per heavy atom. The normalized spacial score (nSPS) is 17.3. The minimum absolute atomic E-state index is 0.263. The maximum absolute atomic E-state index is 12.2. The van der Waals surface area contributed by atoms with E-state index < -0.39 is 0 Å². The number of hydrogen-bond donors (Lipinski definition) is 2. The Bertz CT molecular complexity index is 687. The number of rotatable bonds is 8. The third kappa shape index (κ3) is 5.56. The lowest BCUT2D eigenvalue weighted by Crippen LogP contribution is -2.48. The molecule has 2 aromatic rings. The fraction of sp³-hybridized carbons (Fsp3) is 0.429. The number of piperidine rings is 1. The van der Waals surface area contributed by atoms with Crippen LogP contribution in [-0.2, 0) is 11.3 Å². The molecule has 0 bridgehead atoms. The summed E-state index contributed by atoms with van der Waals surface area (Å²) in [6, 6.07) is 14.7.